The van der Waals surface area contributed by atoms with Crippen molar-refractivity contribution in [1.82, 2.24) is 10.3 Å². The predicted octanol–water partition coefficient (Wildman–Crippen LogP) is 4.03. The summed E-state index contributed by atoms with van der Waals surface area (Å²) >= 11 is 5.84. The van der Waals surface area contributed by atoms with Crippen LogP contribution in [0.25, 0.3) is 0 Å². The number of aryl methyl sites for hydroxylation is 1. The van der Waals surface area contributed by atoms with Crippen LogP contribution in [-0.2, 0) is 12.8 Å². The molecule has 1 heterocycles. The van der Waals surface area contributed by atoms with Crippen LogP contribution in [0.3, 0.4) is 0 Å². The van der Waals surface area contributed by atoms with Crippen LogP contribution < -0.4 is 5.32 Å². The van der Waals surface area contributed by atoms with E-state index >= 15 is 0 Å². The maximum absolute atomic E-state index is 14.0. The van der Waals surface area contributed by atoms with E-state index in [1.54, 1.807) is 24.4 Å². The summed E-state index contributed by atoms with van der Waals surface area (Å²) in [5, 5.41) is 3.60. The molecule has 0 radical (unpaired) electrons. The zero-order valence-electron chi connectivity index (χ0n) is 12.2. The molecule has 0 saturated carbocycles. The number of nitrogens with zero attached hydrogens (tertiary/aromatic N) is 1. The predicted molar refractivity (Wildman–Crippen MR) is 85.1 cm³/mol. The molecule has 4 heteroatoms. The number of nitrogens with one attached hydrogen (secondary N) is 1. The number of likely N-dealkylation sites (N-methyl/N-ethyl adjacent to an activating group) is 1. The average Bonchev–Trinajstić information content (AvgIpc) is 2.50. The molecule has 0 aliphatic carbocycles. The molecule has 112 valence electrons. The minimum atomic E-state index is -0.306. The Bertz CT molecular complexity index is 560. The molecule has 0 bridgehead atoms. The fourth-order valence-corrected chi connectivity index (χ4v) is 2.60. The van der Waals surface area contributed by atoms with E-state index < -0.39 is 0 Å². The summed E-state index contributed by atoms with van der Waals surface area (Å²) in [7, 11) is 0. The number of rotatable bonds is 7. The Balaban J connectivity index is 2.00. The average molecular weight is 307 g/mol. The van der Waals surface area contributed by atoms with Gasteiger partial charge in [0.25, 0.3) is 0 Å². The summed E-state index contributed by atoms with van der Waals surface area (Å²) in [4.78, 5) is 4.33. The van der Waals surface area contributed by atoms with Crippen LogP contribution in [0, 0.1) is 5.82 Å². The van der Waals surface area contributed by atoms with Gasteiger partial charge in [-0.3, -0.25) is 4.98 Å². The Morgan fingerprint density at radius 2 is 2.10 bits per heavy atom. The molecule has 0 amide bonds. The van der Waals surface area contributed by atoms with E-state index in [0.29, 0.717) is 12.0 Å². The number of pyridine rings is 1. The first-order chi connectivity index (χ1) is 10.2. The van der Waals surface area contributed by atoms with Gasteiger partial charge in [-0.1, -0.05) is 36.7 Å². The van der Waals surface area contributed by atoms with Gasteiger partial charge in [-0.15, -0.1) is 0 Å². The Labute approximate surface area is 130 Å². The Kier molecular flexibility index (Phi) is 6.15. The molecule has 1 N–H and O–H groups in total. The minimum absolute atomic E-state index is 0.187. The summed E-state index contributed by atoms with van der Waals surface area (Å²) in [6.07, 6.45) is 4.22. The second-order valence-corrected chi connectivity index (χ2v) is 5.44. The number of halogens is 2. The fraction of sp³-hybridized carbons (Fsp3) is 0.353. The van der Waals surface area contributed by atoms with Gasteiger partial charge in [0.05, 0.1) is 5.02 Å². The smallest absolute Gasteiger partial charge is 0.145 e. The number of aromatic nitrogens is 1. The van der Waals surface area contributed by atoms with Crippen molar-refractivity contribution in [3.8, 4) is 0 Å². The largest absolute Gasteiger partial charge is 0.314 e. The molecule has 0 fully saturated rings. The molecular weight excluding hydrogens is 287 g/mol. The van der Waals surface area contributed by atoms with Gasteiger partial charge in [-0.25, -0.2) is 4.39 Å². The van der Waals surface area contributed by atoms with Crippen LogP contribution in [0.4, 0.5) is 4.39 Å². The minimum Gasteiger partial charge on any atom is -0.314 e. The highest BCUT2D eigenvalue weighted by molar-refractivity contribution is 6.30. The number of benzene rings is 1. The van der Waals surface area contributed by atoms with Gasteiger partial charge < -0.3 is 5.32 Å². The van der Waals surface area contributed by atoms with E-state index in [-0.39, 0.29) is 16.9 Å². The second kappa shape index (κ2) is 8.11. The Morgan fingerprint density at radius 3 is 2.81 bits per heavy atom. The second-order valence-electron chi connectivity index (χ2n) is 5.03. The highest BCUT2D eigenvalue weighted by Gasteiger charge is 2.13. The van der Waals surface area contributed by atoms with Gasteiger partial charge in [-0.2, -0.15) is 0 Å². The summed E-state index contributed by atoms with van der Waals surface area (Å²) in [6.45, 7) is 2.91. The number of hydrogen-bond acceptors (Lipinski definition) is 2. The van der Waals surface area contributed by atoms with Crippen molar-refractivity contribution in [2.75, 3.05) is 6.54 Å². The summed E-state index contributed by atoms with van der Waals surface area (Å²) in [5.41, 5.74) is 1.72. The summed E-state index contributed by atoms with van der Waals surface area (Å²) in [5.74, 6) is -0.306. The van der Waals surface area contributed by atoms with Gasteiger partial charge in [0.2, 0.25) is 0 Å². The van der Waals surface area contributed by atoms with Crippen molar-refractivity contribution >= 4 is 11.6 Å². The normalized spacial score (nSPS) is 12.3. The highest BCUT2D eigenvalue weighted by Crippen LogP contribution is 2.20. The van der Waals surface area contributed by atoms with E-state index in [1.165, 1.54) is 0 Å². The summed E-state index contributed by atoms with van der Waals surface area (Å²) in [6, 6.07) is 11.3. The van der Waals surface area contributed by atoms with Crippen LogP contribution >= 0.6 is 11.6 Å². The van der Waals surface area contributed by atoms with E-state index in [4.69, 9.17) is 11.6 Å². The van der Waals surface area contributed by atoms with Crippen LogP contribution in [0.15, 0.2) is 42.6 Å². The van der Waals surface area contributed by atoms with Gasteiger partial charge >= 0.3 is 0 Å². The first kappa shape index (κ1) is 15.9. The molecule has 2 rings (SSSR count). The fourth-order valence-electron chi connectivity index (χ4n) is 2.40. The van der Waals surface area contributed by atoms with E-state index in [2.05, 4.69) is 17.2 Å². The zero-order valence-corrected chi connectivity index (χ0v) is 12.9. The molecule has 0 saturated heterocycles. The third-order valence-corrected chi connectivity index (χ3v) is 3.76. The standard InChI is InChI=1S/C17H20ClFN2/c1-2-20-15(10-9-14-7-3-4-11-21-14)12-13-6-5-8-16(18)17(13)19/h3-8,11,15,20H,2,9-10,12H2,1H3. The topological polar surface area (TPSA) is 24.9 Å². The molecule has 1 unspecified atom stereocenters. The molecular formula is C17H20ClFN2. The van der Waals surface area contributed by atoms with Crippen molar-refractivity contribution in [2.24, 2.45) is 0 Å². The van der Waals surface area contributed by atoms with Crippen LogP contribution in [0.2, 0.25) is 5.02 Å². The van der Waals surface area contributed by atoms with Gasteiger partial charge in [0.15, 0.2) is 0 Å². The van der Waals surface area contributed by atoms with Crippen molar-refractivity contribution in [3.63, 3.8) is 0 Å². The van der Waals surface area contributed by atoms with Gasteiger partial charge in [-0.05, 0) is 49.6 Å². The summed E-state index contributed by atoms with van der Waals surface area (Å²) < 4.78 is 14.0. The maximum Gasteiger partial charge on any atom is 0.145 e. The first-order valence-corrected chi connectivity index (χ1v) is 7.64. The van der Waals surface area contributed by atoms with Crippen LogP contribution in [0.1, 0.15) is 24.6 Å². The highest BCUT2D eigenvalue weighted by atomic mass is 35.5. The molecule has 0 aliphatic rings. The van der Waals surface area contributed by atoms with E-state index in [9.17, 15) is 4.39 Å². The van der Waals surface area contributed by atoms with E-state index in [0.717, 1.165) is 25.1 Å². The van der Waals surface area contributed by atoms with Gasteiger partial charge in [0, 0.05) is 17.9 Å². The monoisotopic (exact) mass is 306 g/mol. The molecule has 21 heavy (non-hydrogen) atoms. The lowest BCUT2D eigenvalue weighted by molar-refractivity contribution is 0.478. The quantitative estimate of drug-likeness (QED) is 0.835. The molecule has 1 aromatic carbocycles. The van der Waals surface area contributed by atoms with Crippen LogP contribution in [0.5, 0.6) is 0 Å². The lowest BCUT2D eigenvalue weighted by Gasteiger charge is -2.18. The molecule has 2 aromatic rings. The van der Waals surface area contributed by atoms with E-state index in [1.807, 2.05) is 18.2 Å². The number of hydrogen-bond donors (Lipinski definition) is 1. The molecule has 0 aliphatic heterocycles. The van der Waals surface area contributed by atoms with Crippen molar-refractivity contribution < 1.29 is 4.39 Å². The van der Waals surface area contributed by atoms with Crippen molar-refractivity contribution in [3.05, 3.63) is 64.7 Å². The van der Waals surface area contributed by atoms with Crippen molar-refractivity contribution in [1.29, 1.82) is 0 Å². The lowest BCUT2D eigenvalue weighted by Crippen LogP contribution is -2.31. The molecule has 0 spiro atoms. The molecule has 2 nitrogen and oxygen atoms in total. The first-order valence-electron chi connectivity index (χ1n) is 7.27. The molecule has 1 aromatic heterocycles. The van der Waals surface area contributed by atoms with Crippen molar-refractivity contribution in [2.45, 2.75) is 32.2 Å². The molecule has 1 atom stereocenters. The Morgan fingerprint density at radius 1 is 1.24 bits per heavy atom. The Hall–Kier alpha value is -1.45. The van der Waals surface area contributed by atoms with Gasteiger partial charge in [0.1, 0.15) is 5.82 Å². The maximum atomic E-state index is 14.0. The third-order valence-electron chi connectivity index (χ3n) is 3.47. The zero-order chi connectivity index (χ0) is 15.1. The van der Waals surface area contributed by atoms with Crippen LogP contribution in [-0.4, -0.2) is 17.6 Å². The SMILES string of the molecule is CCNC(CCc1ccccn1)Cc1cccc(Cl)c1F. The third kappa shape index (κ3) is 4.80. The lowest BCUT2D eigenvalue weighted by atomic mass is 10.00.